The van der Waals surface area contributed by atoms with Gasteiger partial charge in [-0.3, -0.25) is 9.59 Å². The zero-order chi connectivity index (χ0) is 17.2. The fourth-order valence-corrected chi connectivity index (χ4v) is 2.43. The van der Waals surface area contributed by atoms with Gasteiger partial charge in [0.1, 0.15) is 11.5 Å². The van der Waals surface area contributed by atoms with Crippen LogP contribution in [0.3, 0.4) is 0 Å². The molecule has 6 nitrogen and oxygen atoms in total. The molecule has 1 aliphatic rings. The molecule has 1 aromatic rings. The molecule has 1 heterocycles. The number of hydrogen-bond donors (Lipinski definition) is 1. The number of carboxylic acids is 1. The van der Waals surface area contributed by atoms with E-state index < -0.39 is 23.5 Å². The van der Waals surface area contributed by atoms with E-state index in [-0.39, 0.29) is 5.91 Å². The summed E-state index contributed by atoms with van der Waals surface area (Å²) in [5.74, 6) is -2.75. The van der Waals surface area contributed by atoms with Crippen LogP contribution < -0.4 is 0 Å². The molecule has 0 bridgehead atoms. The second kappa shape index (κ2) is 6.40. The molecule has 0 spiro atoms. The largest absolute Gasteiger partial charge is 0.481 e. The summed E-state index contributed by atoms with van der Waals surface area (Å²) in [5, 5.41) is 8.96. The molecular formula is C17H21NO5. The third kappa shape index (κ3) is 4.31. The first-order valence-corrected chi connectivity index (χ1v) is 7.51. The number of hydrogen-bond acceptors (Lipinski definition) is 4. The number of esters is 1. The lowest BCUT2D eigenvalue weighted by Crippen LogP contribution is -2.29. The molecule has 1 atom stereocenters. The van der Waals surface area contributed by atoms with E-state index in [1.807, 2.05) is 0 Å². The van der Waals surface area contributed by atoms with E-state index in [4.69, 9.17) is 9.84 Å². The van der Waals surface area contributed by atoms with Crippen molar-refractivity contribution in [3.8, 4) is 0 Å². The first kappa shape index (κ1) is 17.0. The van der Waals surface area contributed by atoms with Crippen molar-refractivity contribution >= 4 is 17.8 Å². The van der Waals surface area contributed by atoms with Crippen molar-refractivity contribution in [1.29, 1.82) is 0 Å². The summed E-state index contributed by atoms with van der Waals surface area (Å²) in [5.41, 5.74) is 0.736. The number of ether oxygens (including phenoxy) is 1. The highest BCUT2D eigenvalue weighted by Gasteiger charge is 2.36. The van der Waals surface area contributed by atoms with Crippen LogP contribution in [0.25, 0.3) is 0 Å². The van der Waals surface area contributed by atoms with Crippen molar-refractivity contribution in [2.24, 2.45) is 5.92 Å². The summed E-state index contributed by atoms with van der Waals surface area (Å²) in [6, 6.07) is 6.80. The van der Waals surface area contributed by atoms with E-state index in [1.165, 1.54) is 4.90 Å². The number of carbonyl (C=O) groups is 3. The van der Waals surface area contributed by atoms with Gasteiger partial charge in [-0.2, -0.15) is 0 Å². The lowest BCUT2D eigenvalue weighted by Gasteiger charge is -2.20. The Morgan fingerprint density at radius 1 is 1.26 bits per heavy atom. The molecule has 0 aromatic heterocycles. The van der Waals surface area contributed by atoms with Gasteiger partial charge in [0.2, 0.25) is 5.91 Å². The topological polar surface area (TPSA) is 83.9 Å². The Labute approximate surface area is 135 Å². The van der Waals surface area contributed by atoms with Gasteiger partial charge in [-0.15, -0.1) is 0 Å². The molecule has 23 heavy (non-hydrogen) atoms. The van der Waals surface area contributed by atoms with Crippen LogP contribution in [-0.4, -0.2) is 40.0 Å². The molecule has 0 saturated carbocycles. The zero-order valence-electron chi connectivity index (χ0n) is 13.5. The maximum absolute atomic E-state index is 12.0. The minimum absolute atomic E-state index is 0.337. The third-order valence-corrected chi connectivity index (χ3v) is 3.56. The van der Waals surface area contributed by atoms with E-state index in [2.05, 4.69) is 0 Å². The maximum atomic E-state index is 12.0. The van der Waals surface area contributed by atoms with Crippen molar-refractivity contribution in [1.82, 2.24) is 4.90 Å². The van der Waals surface area contributed by atoms with Gasteiger partial charge < -0.3 is 14.7 Å². The lowest BCUT2D eigenvalue weighted by atomic mass is 10.1. The SMILES string of the molecule is CC(C)(C)OC(=O)c1ccc(CN2CCC(C(=O)O)C2=O)cc1. The molecule has 1 N–H and O–H groups in total. The van der Waals surface area contributed by atoms with Gasteiger partial charge in [0.05, 0.1) is 5.56 Å². The Hall–Kier alpha value is -2.37. The smallest absolute Gasteiger partial charge is 0.338 e. The van der Waals surface area contributed by atoms with E-state index in [0.29, 0.717) is 25.1 Å². The summed E-state index contributed by atoms with van der Waals surface area (Å²) in [7, 11) is 0. The standard InChI is InChI=1S/C17H21NO5/c1-17(2,3)23-16(22)12-6-4-11(5-7-12)10-18-9-8-13(14(18)19)15(20)21/h4-7,13H,8-10H2,1-3H3,(H,20,21). The number of rotatable bonds is 4. The number of carboxylic acid groups (broad SMARTS) is 1. The van der Waals surface area contributed by atoms with E-state index >= 15 is 0 Å². The van der Waals surface area contributed by atoms with Crippen molar-refractivity contribution in [3.63, 3.8) is 0 Å². The van der Waals surface area contributed by atoms with Crippen LogP contribution in [-0.2, 0) is 20.9 Å². The summed E-state index contributed by atoms with van der Waals surface area (Å²) in [6.07, 6.45) is 0.337. The van der Waals surface area contributed by atoms with Crippen LogP contribution in [0.5, 0.6) is 0 Å². The molecule has 1 aliphatic heterocycles. The van der Waals surface area contributed by atoms with E-state index in [0.717, 1.165) is 5.56 Å². The maximum Gasteiger partial charge on any atom is 0.338 e. The van der Waals surface area contributed by atoms with Crippen LogP contribution in [0.2, 0.25) is 0 Å². The average molecular weight is 319 g/mol. The van der Waals surface area contributed by atoms with Crippen molar-refractivity contribution in [2.75, 3.05) is 6.54 Å². The Bertz CT molecular complexity index is 615. The average Bonchev–Trinajstić information content (AvgIpc) is 2.79. The van der Waals surface area contributed by atoms with E-state index in [1.54, 1.807) is 45.0 Å². The number of amides is 1. The van der Waals surface area contributed by atoms with Crippen LogP contribution in [0.15, 0.2) is 24.3 Å². The highest BCUT2D eigenvalue weighted by atomic mass is 16.6. The first-order chi connectivity index (χ1) is 10.7. The van der Waals surface area contributed by atoms with Crippen molar-refractivity contribution in [2.45, 2.75) is 39.3 Å². The molecule has 2 rings (SSSR count). The molecular weight excluding hydrogens is 298 g/mol. The molecule has 1 saturated heterocycles. The van der Waals surface area contributed by atoms with Gasteiger partial charge >= 0.3 is 11.9 Å². The number of nitrogens with zero attached hydrogens (tertiary/aromatic N) is 1. The number of carbonyl (C=O) groups excluding carboxylic acids is 2. The minimum Gasteiger partial charge on any atom is -0.481 e. The molecule has 6 heteroatoms. The first-order valence-electron chi connectivity index (χ1n) is 7.51. The lowest BCUT2D eigenvalue weighted by molar-refractivity contribution is -0.147. The van der Waals surface area contributed by atoms with Crippen LogP contribution in [0.4, 0.5) is 0 Å². The summed E-state index contributed by atoms with van der Waals surface area (Å²) < 4.78 is 5.29. The van der Waals surface area contributed by atoms with Crippen LogP contribution in [0.1, 0.15) is 43.1 Å². The number of likely N-dealkylation sites (tertiary alicyclic amines) is 1. The Morgan fingerprint density at radius 2 is 1.87 bits per heavy atom. The van der Waals surface area contributed by atoms with Gasteiger partial charge in [-0.25, -0.2) is 4.79 Å². The van der Waals surface area contributed by atoms with Crippen molar-refractivity contribution < 1.29 is 24.2 Å². The molecule has 1 fully saturated rings. The molecule has 0 aliphatic carbocycles. The third-order valence-electron chi connectivity index (χ3n) is 3.56. The second-order valence-corrected chi connectivity index (χ2v) is 6.64. The van der Waals surface area contributed by atoms with Gasteiger partial charge in [-0.1, -0.05) is 12.1 Å². The van der Waals surface area contributed by atoms with Gasteiger partial charge in [0.25, 0.3) is 0 Å². The molecule has 1 amide bonds. The molecule has 1 aromatic carbocycles. The predicted octanol–water partition coefficient (Wildman–Crippen LogP) is 2.08. The molecule has 0 radical (unpaired) electrons. The minimum atomic E-state index is -1.07. The second-order valence-electron chi connectivity index (χ2n) is 6.64. The van der Waals surface area contributed by atoms with Gasteiger partial charge in [0.15, 0.2) is 0 Å². The van der Waals surface area contributed by atoms with E-state index in [9.17, 15) is 14.4 Å². The highest BCUT2D eigenvalue weighted by Crippen LogP contribution is 2.21. The monoisotopic (exact) mass is 319 g/mol. The quantitative estimate of drug-likeness (QED) is 0.678. The Balaban J connectivity index is 2.00. The summed E-state index contributed by atoms with van der Waals surface area (Å²) >= 11 is 0. The zero-order valence-corrected chi connectivity index (χ0v) is 13.5. The Morgan fingerprint density at radius 3 is 2.35 bits per heavy atom. The fraction of sp³-hybridized carbons (Fsp3) is 0.471. The van der Waals surface area contributed by atoms with Gasteiger partial charge in [-0.05, 0) is 44.9 Å². The van der Waals surface area contributed by atoms with Crippen LogP contribution >= 0.6 is 0 Å². The molecule has 124 valence electrons. The van der Waals surface area contributed by atoms with Gasteiger partial charge in [0, 0.05) is 13.1 Å². The predicted molar refractivity (Wildman–Crippen MR) is 82.8 cm³/mol. The summed E-state index contributed by atoms with van der Waals surface area (Å²) in [4.78, 5) is 36.4. The van der Waals surface area contributed by atoms with Crippen molar-refractivity contribution in [3.05, 3.63) is 35.4 Å². The Kier molecular flexibility index (Phi) is 4.73. The normalized spacial score (nSPS) is 18.1. The fourth-order valence-electron chi connectivity index (χ4n) is 2.43. The van der Waals surface area contributed by atoms with Crippen LogP contribution in [0, 0.1) is 5.92 Å². The number of benzene rings is 1. The molecule has 1 unspecified atom stereocenters. The number of aliphatic carboxylic acids is 1. The summed E-state index contributed by atoms with van der Waals surface area (Å²) in [6.45, 7) is 6.19. The highest BCUT2D eigenvalue weighted by molar-refractivity contribution is 5.98.